The second kappa shape index (κ2) is 10.0. The van der Waals surface area contributed by atoms with E-state index in [-0.39, 0.29) is 19.3 Å². The van der Waals surface area contributed by atoms with E-state index in [9.17, 15) is 39.6 Å². The van der Waals surface area contributed by atoms with Crippen LogP contribution in [0, 0.1) is 57.7 Å². The van der Waals surface area contributed by atoms with Crippen LogP contribution in [0.15, 0.2) is 0 Å². The quantitative estimate of drug-likeness (QED) is 0.191. The fourth-order valence-electron chi connectivity index (χ4n) is 11.8. The first-order valence-corrected chi connectivity index (χ1v) is 16.7. The van der Waals surface area contributed by atoms with Crippen molar-refractivity contribution in [2.75, 3.05) is 0 Å². The average Bonchev–Trinajstić information content (AvgIpc) is 3.25. The zero-order valence-corrected chi connectivity index (χ0v) is 28.0. The van der Waals surface area contributed by atoms with E-state index in [4.69, 9.17) is 37.4 Å². The third kappa shape index (κ3) is 3.80. The van der Waals surface area contributed by atoms with Gasteiger partial charge in [0, 0.05) is 60.1 Å². The van der Waals surface area contributed by atoms with Gasteiger partial charge in [0.05, 0.1) is 11.5 Å². The number of ketones is 1. The first-order valence-electron chi connectivity index (χ1n) is 15.8. The number of carbonyl (C=O) groups is 4. The predicted molar refractivity (Wildman–Crippen MR) is 157 cm³/mol. The molecule has 6 aliphatic rings. The molecule has 13 heteroatoms. The number of alkyl halides is 2. The fourth-order valence-corrected chi connectivity index (χ4v) is 12.7. The predicted octanol–water partition coefficient (Wildman–Crippen LogP) is 1.94. The van der Waals surface area contributed by atoms with Crippen LogP contribution in [0.5, 0.6) is 0 Å². The summed E-state index contributed by atoms with van der Waals surface area (Å²) in [7, 11) is 0. The van der Waals surface area contributed by atoms with Gasteiger partial charge in [-0.25, -0.2) is 4.79 Å². The minimum Gasteiger partial charge on any atom is -0.462 e. The van der Waals surface area contributed by atoms with Gasteiger partial charge in [0.25, 0.3) is 0 Å². The summed E-state index contributed by atoms with van der Waals surface area (Å²) in [6.45, 7) is 10.7. The van der Waals surface area contributed by atoms with Crippen LogP contribution in [0.1, 0.15) is 67.7 Å². The second-order valence-electron chi connectivity index (χ2n) is 15.5. The Balaban J connectivity index is 1.58. The molecule has 0 spiro atoms. The van der Waals surface area contributed by atoms with Crippen molar-refractivity contribution < 1.29 is 53.8 Å². The number of Topliss-reactive ketones (excluding diaryl/α,β-unsaturated/α-hetero) is 1. The molecular weight excluding hydrogens is 631 g/mol. The Morgan fingerprint density at radius 2 is 1.44 bits per heavy atom. The molecular formula is C32H44Cl2O11. The van der Waals surface area contributed by atoms with E-state index in [1.54, 1.807) is 6.92 Å². The number of rotatable bonds is 2. The van der Waals surface area contributed by atoms with E-state index < -0.39 is 128 Å². The van der Waals surface area contributed by atoms with Gasteiger partial charge in [-0.1, -0.05) is 39.3 Å². The van der Waals surface area contributed by atoms with Gasteiger partial charge in [0.15, 0.2) is 11.4 Å². The van der Waals surface area contributed by atoms with Crippen molar-refractivity contribution in [3.8, 4) is 0 Å². The summed E-state index contributed by atoms with van der Waals surface area (Å²) in [5.41, 5.74) is -6.20. The van der Waals surface area contributed by atoms with E-state index in [0.29, 0.717) is 0 Å². The number of fused-ring (bicyclic) bond motifs is 9. The number of carbonyl (C=O) groups excluding carboxylic acids is 4. The first-order chi connectivity index (χ1) is 20.6. The molecule has 5 aliphatic carbocycles. The lowest BCUT2D eigenvalue weighted by Gasteiger charge is -2.64. The first kappa shape index (κ1) is 33.4. The van der Waals surface area contributed by atoms with Gasteiger partial charge in [0.2, 0.25) is 5.06 Å². The van der Waals surface area contributed by atoms with Gasteiger partial charge >= 0.3 is 17.9 Å². The van der Waals surface area contributed by atoms with Crippen molar-refractivity contribution in [1.29, 1.82) is 0 Å². The van der Waals surface area contributed by atoms with E-state index in [0.717, 1.165) is 0 Å². The Morgan fingerprint density at radius 1 is 0.889 bits per heavy atom. The number of hydrogen-bond donors (Lipinski definition) is 4. The average molecular weight is 676 g/mol. The van der Waals surface area contributed by atoms with E-state index in [1.807, 2.05) is 13.8 Å². The Labute approximate surface area is 272 Å². The van der Waals surface area contributed by atoms with Gasteiger partial charge in [0.1, 0.15) is 24.4 Å². The van der Waals surface area contributed by atoms with Crippen LogP contribution in [-0.4, -0.2) is 90.7 Å². The monoisotopic (exact) mass is 674 g/mol. The maximum absolute atomic E-state index is 14.1. The normalized spacial score (nSPS) is 58.3. The lowest BCUT2D eigenvalue weighted by Crippen LogP contribution is -2.70. The van der Waals surface area contributed by atoms with Crippen molar-refractivity contribution in [3.63, 3.8) is 0 Å². The Morgan fingerprint density at radius 3 is 2.00 bits per heavy atom. The molecule has 5 saturated carbocycles. The molecule has 6 fully saturated rings. The van der Waals surface area contributed by atoms with Crippen LogP contribution < -0.4 is 0 Å². The molecule has 0 bridgehead atoms. The molecule has 1 saturated heterocycles. The largest absolute Gasteiger partial charge is 0.462 e. The molecule has 1 aliphatic heterocycles. The van der Waals surface area contributed by atoms with E-state index >= 15 is 0 Å². The topological polar surface area (TPSA) is 177 Å². The Hall–Kier alpha value is -1.50. The number of aliphatic hydroxyl groups excluding tert-OH is 3. The molecule has 0 amide bonds. The van der Waals surface area contributed by atoms with Crippen molar-refractivity contribution in [2.24, 2.45) is 57.7 Å². The zero-order chi connectivity index (χ0) is 33.6. The highest BCUT2D eigenvalue weighted by molar-refractivity contribution is 6.26. The highest BCUT2D eigenvalue weighted by Crippen LogP contribution is 2.77. The molecule has 18 atom stereocenters. The molecule has 11 nitrogen and oxygen atoms in total. The Bertz CT molecular complexity index is 1340. The highest BCUT2D eigenvalue weighted by atomic mass is 35.5. The maximum Gasteiger partial charge on any atom is 0.340 e. The molecule has 45 heavy (non-hydrogen) atoms. The van der Waals surface area contributed by atoms with Gasteiger partial charge in [-0.15, -0.1) is 11.6 Å². The summed E-state index contributed by atoms with van der Waals surface area (Å²) in [4.78, 5) is 52.3. The minimum absolute atomic E-state index is 0.159. The number of halogens is 2. The molecule has 1 heterocycles. The molecule has 6 rings (SSSR count). The fraction of sp³-hybridized carbons (Fsp3) is 0.875. The summed E-state index contributed by atoms with van der Waals surface area (Å²) < 4.78 is 17.5. The molecule has 0 unspecified atom stereocenters. The standard InChI is InChI=1S/C32H44Cl2O11/c1-11-20-22(30(6)31(7,42)27(41)45-32(30,34)26(11)40)25(39)21-19-15(10-18(29(20,21)5)44-13(3)36)28(4)16(23(37)24(19)38)8-14(33)9-17(28)43-12(2)35/h11,14-22,24-26,38-40,42H,8-10H2,1-7H3/t11-,14+,15-,16+,17-,18-,19+,20-,21+,22-,24+,25+,26+,28+,29+,30-,31+,32-/m0/s1. The summed E-state index contributed by atoms with van der Waals surface area (Å²) in [5.74, 6) is -8.30. The van der Waals surface area contributed by atoms with Crippen LogP contribution in [0.25, 0.3) is 0 Å². The SMILES string of the molecule is CC(=O)O[C@H]1C[C@H]2[C@H]([C@@H]3[C@@H](O)[C@@H]4[C@H]([C@H](C)[C@@H](O)[C@]5(Cl)OC(=O)[C@@](C)(O)[C@]45C)[C@]31C)[C@@H](O)C(=O)[C@H]1C[C@@H](Cl)C[C@H](OC(C)=O)[C@@]12C. The van der Waals surface area contributed by atoms with Gasteiger partial charge in [-0.3, -0.25) is 14.4 Å². The van der Waals surface area contributed by atoms with Crippen molar-refractivity contribution in [1.82, 2.24) is 0 Å². The molecule has 252 valence electrons. The van der Waals surface area contributed by atoms with Crippen LogP contribution >= 0.6 is 23.2 Å². The van der Waals surface area contributed by atoms with Crippen molar-refractivity contribution in [2.45, 2.75) is 114 Å². The summed E-state index contributed by atoms with van der Waals surface area (Å²) in [6, 6.07) is 0. The van der Waals surface area contributed by atoms with E-state index in [1.165, 1.54) is 27.7 Å². The Kier molecular flexibility index (Phi) is 7.43. The summed E-state index contributed by atoms with van der Waals surface area (Å²) >= 11 is 13.6. The molecule has 0 aromatic rings. The van der Waals surface area contributed by atoms with Gasteiger partial charge in [-0.2, -0.15) is 0 Å². The third-order valence-electron chi connectivity index (χ3n) is 13.9. The smallest absolute Gasteiger partial charge is 0.340 e. The van der Waals surface area contributed by atoms with Crippen molar-refractivity contribution >= 4 is 46.9 Å². The number of ether oxygens (including phenoxy) is 3. The van der Waals surface area contributed by atoms with Gasteiger partial charge in [-0.05, 0) is 37.5 Å². The van der Waals surface area contributed by atoms with Crippen LogP contribution in [0.4, 0.5) is 0 Å². The van der Waals surface area contributed by atoms with Crippen LogP contribution in [-0.2, 0) is 33.4 Å². The van der Waals surface area contributed by atoms with E-state index in [2.05, 4.69) is 0 Å². The number of hydrogen-bond acceptors (Lipinski definition) is 11. The summed E-state index contributed by atoms with van der Waals surface area (Å²) in [6.07, 6.45) is -5.43. The van der Waals surface area contributed by atoms with Crippen LogP contribution in [0.3, 0.4) is 0 Å². The minimum atomic E-state index is -2.24. The van der Waals surface area contributed by atoms with Crippen LogP contribution in [0.2, 0.25) is 0 Å². The number of esters is 3. The highest BCUT2D eigenvalue weighted by Gasteiger charge is 2.86. The maximum atomic E-state index is 14.1. The summed E-state index contributed by atoms with van der Waals surface area (Å²) in [5, 5.41) is 45.3. The molecule has 4 N–H and O–H groups in total. The lowest BCUT2D eigenvalue weighted by molar-refractivity contribution is -0.241. The third-order valence-corrected chi connectivity index (χ3v) is 14.9. The van der Waals surface area contributed by atoms with Gasteiger partial charge < -0.3 is 34.6 Å². The lowest BCUT2D eigenvalue weighted by atomic mass is 9.41. The van der Waals surface area contributed by atoms with Crippen molar-refractivity contribution in [3.05, 3.63) is 0 Å². The molecule has 0 aromatic carbocycles. The second-order valence-corrected chi connectivity index (χ2v) is 16.7. The molecule has 0 radical (unpaired) electrons. The zero-order valence-electron chi connectivity index (χ0n) is 26.5. The number of aliphatic hydroxyl groups is 4. The molecule has 0 aromatic heterocycles.